The number of benzene rings is 1. The number of nitriles is 1. The zero-order valence-electron chi connectivity index (χ0n) is 21.9. The third kappa shape index (κ3) is 5.05. The average Bonchev–Trinajstić information content (AvgIpc) is 3.52. The number of hydrazone groups is 1. The molecule has 2 N–H and O–H groups in total. The molecule has 206 valence electrons. The van der Waals surface area contributed by atoms with E-state index in [1.54, 1.807) is 31.0 Å². The predicted octanol–water partition coefficient (Wildman–Crippen LogP) is 2.27. The van der Waals surface area contributed by atoms with Gasteiger partial charge in [0, 0.05) is 50.1 Å². The zero-order valence-corrected chi connectivity index (χ0v) is 21.9. The minimum absolute atomic E-state index is 0.0651. The Kier molecular flexibility index (Phi) is 7.12. The number of primary amides is 1. The highest BCUT2D eigenvalue weighted by atomic mass is 19.1. The van der Waals surface area contributed by atoms with Crippen molar-refractivity contribution in [3.8, 4) is 17.3 Å². The number of aryl methyl sites for hydroxylation is 1. The second kappa shape index (κ2) is 10.7. The number of nitrogens with zero attached hydrogens (tertiary/aromatic N) is 9. The van der Waals surface area contributed by atoms with Crippen LogP contribution in [0.3, 0.4) is 0 Å². The molecule has 0 unspecified atom stereocenters. The minimum atomic E-state index is -0.628. The van der Waals surface area contributed by atoms with Gasteiger partial charge in [0.1, 0.15) is 18.1 Å². The van der Waals surface area contributed by atoms with Crippen molar-refractivity contribution in [1.82, 2.24) is 29.7 Å². The SMILES string of the molecule is Cc1nn(CC(N)=O)c(C)c1-c1nc(N2CCN(C(=O)N3N=CC[C@H]3c3cc(F)cc(C#N)c3)CC2)ncc1F. The van der Waals surface area contributed by atoms with Gasteiger partial charge in [-0.15, -0.1) is 0 Å². The second-order valence-electron chi connectivity index (χ2n) is 9.57. The molecule has 3 amide bonds. The van der Waals surface area contributed by atoms with Gasteiger partial charge in [0.15, 0.2) is 5.82 Å². The molecule has 0 aliphatic carbocycles. The van der Waals surface area contributed by atoms with Gasteiger partial charge < -0.3 is 15.5 Å². The summed E-state index contributed by atoms with van der Waals surface area (Å²) in [7, 11) is 0. The Morgan fingerprint density at radius 2 is 1.90 bits per heavy atom. The van der Waals surface area contributed by atoms with Crippen LogP contribution in [-0.4, -0.2) is 74.0 Å². The smallest absolute Gasteiger partial charge is 0.341 e. The van der Waals surface area contributed by atoms with Crippen molar-refractivity contribution in [2.45, 2.75) is 32.9 Å². The van der Waals surface area contributed by atoms with E-state index in [1.165, 1.54) is 15.8 Å². The Hall–Kier alpha value is -4.93. The summed E-state index contributed by atoms with van der Waals surface area (Å²) in [5.74, 6) is -1.45. The van der Waals surface area contributed by atoms with Crippen LogP contribution in [-0.2, 0) is 11.3 Å². The van der Waals surface area contributed by atoms with Crippen LogP contribution in [0.4, 0.5) is 19.5 Å². The minimum Gasteiger partial charge on any atom is -0.368 e. The first kappa shape index (κ1) is 26.7. The van der Waals surface area contributed by atoms with Gasteiger partial charge in [-0.05, 0) is 37.6 Å². The molecule has 0 saturated carbocycles. The highest BCUT2D eigenvalue weighted by molar-refractivity contribution is 5.79. The molecule has 3 aromatic rings. The summed E-state index contributed by atoms with van der Waals surface area (Å²) in [6.45, 7) is 4.70. The van der Waals surface area contributed by atoms with Gasteiger partial charge in [-0.1, -0.05) is 0 Å². The summed E-state index contributed by atoms with van der Waals surface area (Å²) in [5, 5.41) is 19.0. The fraction of sp³-hybridized carbons (Fsp3) is 0.346. The molecule has 0 spiro atoms. The number of hydrogen-bond donors (Lipinski definition) is 1. The molecule has 4 heterocycles. The molecular weight excluding hydrogens is 522 g/mol. The van der Waals surface area contributed by atoms with Crippen molar-refractivity contribution in [1.29, 1.82) is 5.26 Å². The van der Waals surface area contributed by atoms with Gasteiger partial charge in [-0.3, -0.25) is 9.48 Å². The number of aromatic nitrogens is 4. The van der Waals surface area contributed by atoms with Gasteiger partial charge >= 0.3 is 6.03 Å². The van der Waals surface area contributed by atoms with E-state index in [9.17, 15) is 23.6 Å². The number of piperazine rings is 1. The molecule has 0 bridgehead atoms. The van der Waals surface area contributed by atoms with E-state index < -0.39 is 23.6 Å². The maximum atomic E-state index is 14.9. The lowest BCUT2D eigenvalue weighted by molar-refractivity contribution is -0.118. The van der Waals surface area contributed by atoms with E-state index in [0.717, 1.165) is 12.3 Å². The number of rotatable bonds is 5. The van der Waals surface area contributed by atoms with Crippen molar-refractivity contribution in [3.05, 3.63) is 58.5 Å². The Balaban J connectivity index is 1.30. The van der Waals surface area contributed by atoms with Crippen molar-refractivity contribution < 1.29 is 18.4 Å². The molecular formula is C26H26F2N10O2. The summed E-state index contributed by atoms with van der Waals surface area (Å²) in [5.41, 5.74) is 7.55. The van der Waals surface area contributed by atoms with E-state index in [-0.39, 0.29) is 23.8 Å². The second-order valence-corrected chi connectivity index (χ2v) is 9.57. The quantitative estimate of drug-likeness (QED) is 0.514. The lowest BCUT2D eigenvalue weighted by Crippen LogP contribution is -2.52. The monoisotopic (exact) mass is 548 g/mol. The Morgan fingerprint density at radius 1 is 1.15 bits per heavy atom. The summed E-state index contributed by atoms with van der Waals surface area (Å²) in [6.07, 6.45) is 3.10. The van der Waals surface area contributed by atoms with E-state index in [2.05, 4.69) is 20.2 Å². The lowest BCUT2D eigenvalue weighted by atomic mass is 10.0. The highest BCUT2D eigenvalue weighted by Crippen LogP contribution is 2.32. The largest absolute Gasteiger partial charge is 0.368 e. The number of halogens is 2. The fourth-order valence-corrected chi connectivity index (χ4v) is 5.01. The van der Waals surface area contributed by atoms with Crippen molar-refractivity contribution in [2.75, 3.05) is 31.1 Å². The summed E-state index contributed by atoms with van der Waals surface area (Å²) >= 11 is 0. The van der Waals surface area contributed by atoms with Gasteiger partial charge in [0.05, 0.1) is 29.6 Å². The van der Waals surface area contributed by atoms with Crippen molar-refractivity contribution in [2.24, 2.45) is 10.8 Å². The molecule has 2 aliphatic rings. The highest BCUT2D eigenvalue weighted by Gasteiger charge is 2.34. The average molecular weight is 549 g/mol. The van der Waals surface area contributed by atoms with Crippen LogP contribution >= 0.6 is 0 Å². The van der Waals surface area contributed by atoms with Gasteiger partial charge in [-0.2, -0.15) is 15.5 Å². The number of urea groups is 1. The molecule has 2 aliphatic heterocycles. The van der Waals surface area contributed by atoms with Crippen molar-refractivity contribution >= 4 is 24.1 Å². The summed E-state index contributed by atoms with van der Waals surface area (Å²) in [6, 6.07) is 5.09. The predicted molar refractivity (Wildman–Crippen MR) is 140 cm³/mol. The van der Waals surface area contributed by atoms with E-state index in [0.29, 0.717) is 61.1 Å². The maximum absolute atomic E-state index is 14.9. The van der Waals surface area contributed by atoms with Crippen LogP contribution in [0.15, 0.2) is 29.5 Å². The molecule has 1 saturated heterocycles. The fourth-order valence-electron chi connectivity index (χ4n) is 5.01. The van der Waals surface area contributed by atoms with Crippen LogP contribution in [0.5, 0.6) is 0 Å². The normalized spacial score (nSPS) is 16.9. The van der Waals surface area contributed by atoms with Crippen LogP contribution in [0.25, 0.3) is 11.3 Å². The Labute approximate surface area is 228 Å². The molecule has 0 radical (unpaired) electrons. The topological polar surface area (TPSA) is 150 Å². The number of carbonyl (C=O) groups is 2. The zero-order chi connectivity index (χ0) is 28.6. The molecule has 2 aromatic heterocycles. The molecule has 40 heavy (non-hydrogen) atoms. The van der Waals surface area contributed by atoms with Crippen LogP contribution in [0.1, 0.15) is 35.0 Å². The molecule has 1 atom stereocenters. The van der Waals surface area contributed by atoms with Crippen LogP contribution < -0.4 is 10.6 Å². The van der Waals surface area contributed by atoms with Crippen LogP contribution in [0, 0.1) is 36.8 Å². The molecule has 5 rings (SSSR count). The summed E-state index contributed by atoms with van der Waals surface area (Å²) in [4.78, 5) is 36.8. The van der Waals surface area contributed by atoms with E-state index >= 15 is 0 Å². The number of carbonyl (C=O) groups excluding carboxylic acids is 2. The molecule has 1 aromatic carbocycles. The number of anilines is 1. The first-order valence-corrected chi connectivity index (χ1v) is 12.6. The standard InChI is InChI=1S/C26H26F2N10O2/c1-15-23(16(2)37(34-15)14-22(30)39)24-20(28)13-31-25(33-24)35-5-7-36(8-6-35)26(40)38-21(3-4-32-38)18-9-17(12-29)10-19(27)11-18/h4,9-11,13,21H,3,5-8,14H2,1-2H3,(H2,30,39)/t21-/m0/s1. The van der Waals surface area contributed by atoms with Gasteiger partial charge in [0.25, 0.3) is 0 Å². The number of hydrogen-bond acceptors (Lipinski definition) is 8. The first-order valence-electron chi connectivity index (χ1n) is 12.6. The molecule has 14 heteroatoms. The van der Waals surface area contributed by atoms with E-state index in [4.69, 9.17) is 5.73 Å². The van der Waals surface area contributed by atoms with E-state index in [1.807, 2.05) is 11.0 Å². The maximum Gasteiger partial charge on any atom is 0.341 e. The van der Waals surface area contributed by atoms with Gasteiger partial charge in [-0.25, -0.2) is 28.6 Å². The van der Waals surface area contributed by atoms with Gasteiger partial charge in [0.2, 0.25) is 11.9 Å². The Morgan fingerprint density at radius 3 is 2.60 bits per heavy atom. The number of amides is 3. The summed E-state index contributed by atoms with van der Waals surface area (Å²) < 4.78 is 30.3. The first-order chi connectivity index (χ1) is 19.2. The number of nitrogens with two attached hydrogens (primary N) is 1. The van der Waals surface area contributed by atoms with Crippen molar-refractivity contribution in [3.63, 3.8) is 0 Å². The molecule has 1 fully saturated rings. The Bertz CT molecular complexity index is 1560. The molecule has 12 nitrogen and oxygen atoms in total. The third-order valence-corrected chi connectivity index (χ3v) is 6.95. The van der Waals surface area contributed by atoms with Crippen LogP contribution in [0.2, 0.25) is 0 Å². The lowest BCUT2D eigenvalue weighted by Gasteiger charge is -2.37. The third-order valence-electron chi connectivity index (χ3n) is 6.95.